The van der Waals surface area contributed by atoms with Crippen LogP contribution in [0.5, 0.6) is 5.75 Å². The van der Waals surface area contributed by atoms with E-state index >= 15 is 0 Å². The van der Waals surface area contributed by atoms with Crippen molar-refractivity contribution < 1.29 is 9.53 Å². The Balaban J connectivity index is 1.51. The van der Waals surface area contributed by atoms with E-state index < -0.39 is 0 Å². The Hall–Kier alpha value is -3.03. The average Bonchev–Trinajstić information content (AvgIpc) is 3.20. The number of amidine groups is 1. The number of anilines is 1. The van der Waals surface area contributed by atoms with Gasteiger partial charge in [0.05, 0.1) is 16.3 Å². The summed E-state index contributed by atoms with van der Waals surface area (Å²) >= 11 is 17.0. The first-order valence-corrected chi connectivity index (χ1v) is 13.6. The molecule has 0 N–H and O–H groups in total. The first-order chi connectivity index (χ1) is 18.0. The molecule has 4 aromatic rings. The lowest BCUT2D eigenvalue weighted by Crippen LogP contribution is -2.28. The highest BCUT2D eigenvalue weighted by Gasteiger charge is 2.35. The highest BCUT2D eigenvalue weighted by Crippen LogP contribution is 2.39. The molecule has 0 aromatic heterocycles. The zero-order valence-electron chi connectivity index (χ0n) is 19.3. The third kappa shape index (κ3) is 6.28. The Morgan fingerprint density at radius 1 is 0.892 bits per heavy atom. The van der Waals surface area contributed by atoms with Crippen molar-refractivity contribution in [2.75, 3.05) is 4.90 Å². The normalized spacial score (nSPS) is 15.5. The molecular weight excluding hydrogens is 591 g/mol. The maximum Gasteiger partial charge on any atom is 0.271 e. The van der Waals surface area contributed by atoms with Crippen molar-refractivity contribution in [3.8, 4) is 5.75 Å². The minimum Gasteiger partial charge on any atom is -0.488 e. The molecule has 1 fully saturated rings. The fraction of sp³-hybridized carbons (Fsp3) is 0.0345. The number of ether oxygens (including phenoxy) is 1. The lowest BCUT2D eigenvalue weighted by molar-refractivity contribution is -0.113. The number of carbonyl (C=O) groups excluding carboxylic acids is 1. The highest BCUT2D eigenvalue weighted by atomic mass is 79.9. The second-order valence-corrected chi connectivity index (χ2v) is 10.9. The second kappa shape index (κ2) is 11.6. The molecule has 8 heteroatoms. The number of hydrogen-bond donors (Lipinski definition) is 0. The van der Waals surface area contributed by atoms with Crippen molar-refractivity contribution >= 4 is 79.4 Å². The van der Waals surface area contributed by atoms with E-state index in [9.17, 15) is 4.79 Å². The van der Waals surface area contributed by atoms with Crippen molar-refractivity contribution in [3.05, 3.63) is 128 Å². The molecular formula is C29H19BrCl2N2O2S. The number of carbonyl (C=O) groups is 1. The molecule has 1 amide bonds. The fourth-order valence-electron chi connectivity index (χ4n) is 3.63. The molecule has 1 aliphatic heterocycles. The van der Waals surface area contributed by atoms with Crippen molar-refractivity contribution in [1.29, 1.82) is 0 Å². The third-order valence-corrected chi connectivity index (χ3v) is 7.40. The quantitative estimate of drug-likeness (QED) is 0.205. The molecule has 37 heavy (non-hydrogen) atoms. The summed E-state index contributed by atoms with van der Waals surface area (Å²) in [5.41, 5.74) is 3.20. The topological polar surface area (TPSA) is 41.9 Å². The van der Waals surface area contributed by atoms with Gasteiger partial charge in [-0.05, 0) is 90.1 Å². The largest absolute Gasteiger partial charge is 0.488 e. The van der Waals surface area contributed by atoms with Gasteiger partial charge in [0, 0.05) is 20.1 Å². The summed E-state index contributed by atoms with van der Waals surface area (Å²) in [4.78, 5) is 20.5. The summed E-state index contributed by atoms with van der Waals surface area (Å²) in [7, 11) is 0. The van der Waals surface area contributed by atoms with Crippen LogP contribution >= 0.6 is 50.9 Å². The van der Waals surface area contributed by atoms with Gasteiger partial charge in [-0.25, -0.2) is 4.99 Å². The summed E-state index contributed by atoms with van der Waals surface area (Å²) in [6, 6.07) is 29.9. The molecule has 0 bridgehead atoms. The van der Waals surface area contributed by atoms with E-state index in [1.165, 1.54) is 11.8 Å². The smallest absolute Gasteiger partial charge is 0.271 e. The SMILES string of the molecule is O=C1/C(=C/c2cc(Br)ccc2OCc2ccccc2)SC(=Nc2ccc(Cl)cc2)N1c1ccc(Cl)cc1. The Kier molecular flexibility index (Phi) is 8.01. The molecule has 4 aromatic carbocycles. The predicted molar refractivity (Wildman–Crippen MR) is 158 cm³/mol. The molecule has 1 heterocycles. The van der Waals surface area contributed by atoms with Crippen LogP contribution in [-0.2, 0) is 11.4 Å². The Morgan fingerprint density at radius 3 is 2.27 bits per heavy atom. The Morgan fingerprint density at radius 2 is 1.57 bits per heavy atom. The van der Waals surface area contributed by atoms with Gasteiger partial charge in [-0.3, -0.25) is 9.69 Å². The van der Waals surface area contributed by atoms with Crippen molar-refractivity contribution in [2.45, 2.75) is 6.61 Å². The van der Waals surface area contributed by atoms with Crippen LogP contribution < -0.4 is 9.64 Å². The summed E-state index contributed by atoms with van der Waals surface area (Å²) in [5.74, 6) is 0.489. The van der Waals surface area contributed by atoms with Crippen LogP contribution in [-0.4, -0.2) is 11.1 Å². The number of hydrogen-bond acceptors (Lipinski definition) is 4. The van der Waals surface area contributed by atoms with Crippen molar-refractivity contribution in [2.24, 2.45) is 4.99 Å². The van der Waals surface area contributed by atoms with E-state index in [4.69, 9.17) is 32.9 Å². The van der Waals surface area contributed by atoms with Crippen molar-refractivity contribution in [1.82, 2.24) is 0 Å². The third-order valence-electron chi connectivity index (χ3n) is 5.44. The van der Waals surface area contributed by atoms with Crippen molar-refractivity contribution in [3.63, 3.8) is 0 Å². The van der Waals surface area contributed by atoms with Crippen LogP contribution in [0.1, 0.15) is 11.1 Å². The summed E-state index contributed by atoms with van der Waals surface area (Å²) in [6.07, 6.45) is 1.84. The standard InChI is InChI=1S/C29H19BrCl2N2O2S/c30-21-6-15-26(36-18-19-4-2-1-3-5-19)20(16-21)17-27-28(35)34(25-13-9-23(32)10-14-25)29(37-27)33-24-11-7-22(31)8-12-24/h1-17H,18H2/b27-17-,33-29?. The van der Waals surface area contributed by atoms with Crippen LogP contribution in [0.15, 0.2) is 111 Å². The van der Waals surface area contributed by atoms with E-state index in [-0.39, 0.29) is 5.91 Å². The van der Waals surface area contributed by atoms with E-state index in [0.717, 1.165) is 15.6 Å². The van der Waals surface area contributed by atoms with Gasteiger partial charge in [0.15, 0.2) is 5.17 Å². The lowest BCUT2D eigenvalue weighted by atomic mass is 10.1. The zero-order chi connectivity index (χ0) is 25.8. The van der Waals surface area contributed by atoms with Gasteiger partial charge in [-0.1, -0.05) is 69.5 Å². The minimum absolute atomic E-state index is 0.186. The zero-order valence-corrected chi connectivity index (χ0v) is 23.2. The van der Waals surface area contributed by atoms with Gasteiger partial charge in [0.2, 0.25) is 0 Å². The maximum absolute atomic E-state index is 13.7. The number of halogens is 3. The maximum atomic E-state index is 13.7. The molecule has 0 aliphatic carbocycles. The van der Waals surface area contributed by atoms with Crippen LogP contribution in [0.25, 0.3) is 6.08 Å². The summed E-state index contributed by atoms with van der Waals surface area (Å²) in [6.45, 7) is 0.417. The molecule has 0 spiro atoms. The number of nitrogens with zero attached hydrogens (tertiary/aromatic N) is 2. The number of thioether (sulfide) groups is 1. The molecule has 1 aliphatic rings. The van der Waals surface area contributed by atoms with Crippen LogP contribution in [0, 0.1) is 0 Å². The highest BCUT2D eigenvalue weighted by molar-refractivity contribution is 9.10. The van der Waals surface area contributed by atoms with Crippen LogP contribution in [0.3, 0.4) is 0 Å². The Labute approximate surface area is 237 Å². The predicted octanol–water partition coefficient (Wildman–Crippen LogP) is 9.14. The van der Waals surface area contributed by atoms with Gasteiger partial charge in [-0.2, -0.15) is 0 Å². The van der Waals surface area contributed by atoms with Gasteiger partial charge >= 0.3 is 0 Å². The van der Waals surface area contributed by atoms with Crippen LogP contribution in [0.4, 0.5) is 11.4 Å². The van der Waals surface area contributed by atoms with E-state index in [1.54, 1.807) is 41.3 Å². The monoisotopic (exact) mass is 608 g/mol. The van der Waals surface area contributed by atoms with Gasteiger partial charge in [0.1, 0.15) is 12.4 Å². The molecule has 0 unspecified atom stereocenters. The van der Waals surface area contributed by atoms with E-state index in [2.05, 4.69) is 15.9 Å². The van der Waals surface area contributed by atoms with E-state index in [1.807, 2.05) is 66.7 Å². The first-order valence-electron chi connectivity index (χ1n) is 11.3. The number of rotatable bonds is 6. The second-order valence-electron chi connectivity index (χ2n) is 8.05. The van der Waals surface area contributed by atoms with Crippen LogP contribution in [0.2, 0.25) is 10.0 Å². The van der Waals surface area contributed by atoms with Gasteiger partial charge in [-0.15, -0.1) is 0 Å². The van der Waals surface area contributed by atoms with Gasteiger partial charge in [0.25, 0.3) is 5.91 Å². The molecule has 1 saturated heterocycles. The summed E-state index contributed by atoms with van der Waals surface area (Å²) in [5, 5.41) is 1.74. The minimum atomic E-state index is -0.186. The average molecular weight is 610 g/mol. The number of benzene rings is 4. The molecule has 4 nitrogen and oxygen atoms in total. The lowest BCUT2D eigenvalue weighted by Gasteiger charge is -2.15. The molecule has 5 rings (SSSR count). The first kappa shape index (κ1) is 25.6. The van der Waals surface area contributed by atoms with Gasteiger partial charge < -0.3 is 4.74 Å². The fourth-order valence-corrected chi connectivity index (χ4v) is 5.26. The molecule has 0 radical (unpaired) electrons. The molecule has 0 saturated carbocycles. The summed E-state index contributed by atoms with van der Waals surface area (Å²) < 4.78 is 7.01. The number of amides is 1. The molecule has 0 atom stereocenters. The molecule has 184 valence electrons. The number of aliphatic imine (C=N–C) groups is 1. The van der Waals surface area contributed by atoms with E-state index in [0.29, 0.717) is 43.8 Å². The Bertz CT molecular complexity index is 1490.